The fraction of sp³-hybridized carbons (Fsp3) is 0.917. The van der Waals surface area contributed by atoms with Crippen molar-refractivity contribution in [3.63, 3.8) is 0 Å². The summed E-state index contributed by atoms with van der Waals surface area (Å²) in [5.74, 6) is -2.22. The molecule has 0 bridgehead atoms. The Kier molecular flexibility index (Phi) is 35.4. The predicted octanol–water partition coefficient (Wildman–Crippen LogP) is 4.85. The van der Waals surface area contributed by atoms with Crippen LogP contribution in [0.1, 0.15) is 105 Å². The number of carboxylic acids is 2. The predicted molar refractivity (Wildman–Crippen MR) is 138 cm³/mol. The summed E-state index contributed by atoms with van der Waals surface area (Å²) in [7, 11) is 0. The van der Waals surface area contributed by atoms with E-state index >= 15 is 0 Å². The van der Waals surface area contributed by atoms with Crippen LogP contribution in [0.4, 0.5) is 0 Å². The number of thiol groups is 2. The molecule has 0 aliphatic rings. The molecule has 0 N–H and O–H groups in total. The first kappa shape index (κ1) is 36.0. The summed E-state index contributed by atoms with van der Waals surface area (Å²) in [6.45, 7) is 7.72. The number of carbonyl (C=O) groups excluding carboxylic acids is 2. The summed E-state index contributed by atoms with van der Waals surface area (Å²) < 4.78 is 3.31. The van der Waals surface area contributed by atoms with E-state index in [0.29, 0.717) is 11.5 Å². The summed E-state index contributed by atoms with van der Waals surface area (Å²) in [5.41, 5.74) is 0. The zero-order valence-corrected chi connectivity index (χ0v) is 25.1. The van der Waals surface area contributed by atoms with Gasteiger partial charge in [0.05, 0.1) is 0 Å². The van der Waals surface area contributed by atoms with E-state index in [4.69, 9.17) is 0 Å². The third kappa shape index (κ3) is 35.2. The van der Waals surface area contributed by atoms with Crippen LogP contribution < -0.4 is 10.2 Å². The second kappa shape index (κ2) is 30.4. The molecule has 0 aromatic carbocycles. The average Bonchev–Trinajstić information content (AvgIpc) is 2.76. The number of carboxylic acid groups (broad SMARTS) is 2. The Balaban J connectivity index is -0.000000460. The van der Waals surface area contributed by atoms with Gasteiger partial charge in [0.1, 0.15) is 0 Å². The number of rotatable bonds is 18. The SMILES string of the molecule is CC(CS)C(=O)[O-].CC(CS)C(=O)[O-].CCCCCCC[CH2][Sn+2][CH2]CCCCCCC. The van der Waals surface area contributed by atoms with Gasteiger partial charge in [-0.2, -0.15) is 25.3 Å². The van der Waals surface area contributed by atoms with Crippen molar-refractivity contribution >= 4 is 58.3 Å². The molecule has 0 saturated heterocycles. The molecule has 0 aliphatic carbocycles. The second-order valence-corrected chi connectivity index (χ2v) is 13.1. The first-order valence-electron chi connectivity index (χ1n) is 12.1. The normalized spacial score (nSPS) is 11.8. The average molecular weight is 583 g/mol. The Morgan fingerprint density at radius 2 is 0.935 bits per heavy atom. The number of unbranched alkanes of at least 4 members (excludes halogenated alkanes) is 10. The molecule has 0 aromatic rings. The number of carbonyl (C=O) groups is 2. The van der Waals surface area contributed by atoms with Crippen LogP contribution in [0.3, 0.4) is 0 Å². The molecule has 0 spiro atoms. The van der Waals surface area contributed by atoms with E-state index in [1.54, 1.807) is 35.6 Å². The summed E-state index contributed by atoms with van der Waals surface area (Å²) >= 11 is 7.54. The Hall–Kier alpha value is 0.439. The molecule has 0 saturated carbocycles. The first-order valence-corrected chi connectivity index (χ1v) is 17.4. The van der Waals surface area contributed by atoms with Gasteiger partial charge in [0.15, 0.2) is 0 Å². The minimum absolute atomic E-state index is 0.0736. The van der Waals surface area contributed by atoms with Gasteiger partial charge in [-0.3, -0.25) is 0 Å². The minimum atomic E-state index is -1.03. The molecule has 2 unspecified atom stereocenters. The van der Waals surface area contributed by atoms with Gasteiger partial charge in [-0.15, -0.1) is 0 Å². The summed E-state index contributed by atoms with van der Waals surface area (Å²) in [6, 6.07) is 0. The summed E-state index contributed by atoms with van der Waals surface area (Å²) in [6.07, 6.45) is 17.8. The number of hydrogen-bond donors (Lipinski definition) is 2. The molecule has 0 aromatic heterocycles. The Morgan fingerprint density at radius 3 is 1.16 bits per heavy atom. The van der Waals surface area contributed by atoms with Crippen LogP contribution in [-0.2, 0) is 9.59 Å². The van der Waals surface area contributed by atoms with Crippen molar-refractivity contribution in [2.24, 2.45) is 11.8 Å². The molecule has 184 valence electrons. The molecular formula is C24H48O4S2Sn. The van der Waals surface area contributed by atoms with Gasteiger partial charge < -0.3 is 19.8 Å². The van der Waals surface area contributed by atoms with Gasteiger partial charge >= 0.3 is 121 Å². The van der Waals surface area contributed by atoms with Crippen molar-refractivity contribution < 1.29 is 19.8 Å². The molecule has 4 nitrogen and oxygen atoms in total. The second-order valence-electron chi connectivity index (χ2n) is 8.09. The van der Waals surface area contributed by atoms with E-state index in [1.165, 1.54) is 64.2 Å². The van der Waals surface area contributed by atoms with Crippen LogP contribution in [0.5, 0.6) is 0 Å². The fourth-order valence-corrected chi connectivity index (χ4v) is 6.20. The van der Waals surface area contributed by atoms with Gasteiger partial charge in [0.2, 0.25) is 0 Å². The van der Waals surface area contributed by atoms with Crippen LogP contribution in [0, 0.1) is 11.8 Å². The molecule has 0 fully saturated rings. The van der Waals surface area contributed by atoms with Gasteiger partial charge in [0, 0.05) is 23.8 Å². The molecule has 0 heterocycles. The van der Waals surface area contributed by atoms with E-state index in [-0.39, 0.29) is 21.1 Å². The Bertz CT molecular complexity index is 351. The third-order valence-electron chi connectivity index (χ3n) is 4.77. The van der Waals surface area contributed by atoms with Gasteiger partial charge in [-0.25, -0.2) is 0 Å². The summed E-state index contributed by atoms with van der Waals surface area (Å²) in [4.78, 5) is 19.5. The van der Waals surface area contributed by atoms with E-state index < -0.39 is 23.8 Å². The van der Waals surface area contributed by atoms with Gasteiger partial charge in [0.25, 0.3) is 0 Å². The van der Waals surface area contributed by atoms with Crippen LogP contribution in [0.2, 0.25) is 8.87 Å². The maximum absolute atomic E-state index is 9.77. The van der Waals surface area contributed by atoms with Crippen LogP contribution in [-0.4, -0.2) is 44.6 Å². The zero-order chi connectivity index (χ0) is 24.3. The van der Waals surface area contributed by atoms with E-state index in [0.717, 1.165) is 0 Å². The molecule has 0 amide bonds. The Labute approximate surface area is 214 Å². The zero-order valence-electron chi connectivity index (χ0n) is 20.5. The van der Waals surface area contributed by atoms with Crippen LogP contribution >= 0.6 is 25.3 Å². The third-order valence-corrected chi connectivity index (χ3v) is 9.90. The maximum atomic E-state index is 9.77. The number of hydrogen-bond acceptors (Lipinski definition) is 6. The first-order chi connectivity index (χ1) is 14.8. The molecule has 0 rings (SSSR count). The monoisotopic (exact) mass is 584 g/mol. The van der Waals surface area contributed by atoms with Gasteiger partial charge in [-0.05, 0) is 11.5 Å². The quantitative estimate of drug-likeness (QED) is 0.137. The van der Waals surface area contributed by atoms with Crippen LogP contribution in [0.15, 0.2) is 0 Å². The molecule has 7 heteroatoms. The molecule has 0 aliphatic heterocycles. The van der Waals surface area contributed by atoms with Crippen molar-refractivity contribution in [3.05, 3.63) is 0 Å². The topological polar surface area (TPSA) is 80.3 Å². The number of aliphatic carboxylic acids is 2. The summed E-state index contributed by atoms with van der Waals surface area (Å²) in [5, 5.41) is 19.5. The Morgan fingerprint density at radius 1 is 0.645 bits per heavy atom. The van der Waals surface area contributed by atoms with Crippen molar-refractivity contribution in [2.75, 3.05) is 11.5 Å². The van der Waals surface area contributed by atoms with E-state index in [9.17, 15) is 19.8 Å². The van der Waals surface area contributed by atoms with E-state index in [1.807, 2.05) is 0 Å². The van der Waals surface area contributed by atoms with Gasteiger partial charge in [-0.1, -0.05) is 13.8 Å². The van der Waals surface area contributed by atoms with Crippen molar-refractivity contribution in [1.29, 1.82) is 0 Å². The molecular weight excluding hydrogens is 535 g/mol. The molecule has 2 atom stereocenters. The van der Waals surface area contributed by atoms with Crippen molar-refractivity contribution in [3.8, 4) is 0 Å². The van der Waals surface area contributed by atoms with E-state index in [2.05, 4.69) is 39.1 Å². The van der Waals surface area contributed by atoms with Crippen LogP contribution in [0.25, 0.3) is 0 Å². The standard InChI is InChI=1S/2C8H17.2C4H8O2S.Sn/c2*1-3-5-7-8-6-4-2;2*1-3(2-7)4(5)6;/h2*1,3-8H2,2H3;2*3,7H,2H2,1H3,(H,5,6);/q;;;;+2/p-2. The fourth-order valence-electron chi connectivity index (χ4n) is 2.33. The van der Waals surface area contributed by atoms with Crippen molar-refractivity contribution in [2.45, 2.75) is 114 Å². The molecule has 31 heavy (non-hydrogen) atoms. The van der Waals surface area contributed by atoms with Crippen molar-refractivity contribution in [1.82, 2.24) is 0 Å². The molecule has 0 radical (unpaired) electrons.